The van der Waals surface area contributed by atoms with E-state index >= 15 is 0 Å². The third-order valence-corrected chi connectivity index (χ3v) is 4.14. The summed E-state index contributed by atoms with van der Waals surface area (Å²) in [4.78, 5) is 16.8. The van der Waals surface area contributed by atoms with Gasteiger partial charge in [-0.2, -0.15) is 0 Å². The number of hydrogen-bond acceptors (Lipinski definition) is 3. The van der Waals surface area contributed by atoms with Crippen molar-refractivity contribution >= 4 is 17.3 Å². The SMILES string of the molecule is Cc1sc(C2(C(=O)O)CC2)nc1C(C)C. The first-order valence-corrected chi connectivity index (χ1v) is 6.00. The molecule has 1 N–H and O–H groups in total. The van der Waals surface area contributed by atoms with Crippen molar-refractivity contribution < 1.29 is 9.90 Å². The van der Waals surface area contributed by atoms with Gasteiger partial charge in [0.2, 0.25) is 0 Å². The first-order valence-electron chi connectivity index (χ1n) is 5.18. The van der Waals surface area contributed by atoms with Crippen LogP contribution < -0.4 is 0 Å². The summed E-state index contributed by atoms with van der Waals surface area (Å²) in [7, 11) is 0. The Balaban J connectivity index is 2.39. The Kier molecular flexibility index (Phi) is 2.34. The predicted octanol–water partition coefficient (Wildman–Crippen LogP) is 2.69. The molecule has 0 bridgehead atoms. The van der Waals surface area contributed by atoms with Gasteiger partial charge in [-0.25, -0.2) is 4.98 Å². The molecule has 0 unspecified atom stereocenters. The largest absolute Gasteiger partial charge is 0.481 e. The van der Waals surface area contributed by atoms with Crippen molar-refractivity contribution in [3.63, 3.8) is 0 Å². The second kappa shape index (κ2) is 3.30. The lowest BCUT2D eigenvalue weighted by Crippen LogP contribution is -2.19. The number of thiazole rings is 1. The summed E-state index contributed by atoms with van der Waals surface area (Å²) in [5.74, 6) is -0.342. The molecule has 0 aliphatic heterocycles. The summed E-state index contributed by atoms with van der Waals surface area (Å²) in [5.41, 5.74) is 0.422. The molecule has 1 aliphatic carbocycles. The van der Waals surface area contributed by atoms with Crippen molar-refractivity contribution in [1.82, 2.24) is 4.98 Å². The molecule has 0 atom stereocenters. The minimum atomic E-state index is -0.716. The van der Waals surface area contributed by atoms with Gasteiger partial charge in [-0.1, -0.05) is 13.8 Å². The molecule has 0 amide bonds. The number of aromatic nitrogens is 1. The highest BCUT2D eigenvalue weighted by Gasteiger charge is 2.54. The number of rotatable bonds is 3. The molecule has 0 aromatic carbocycles. The maximum atomic E-state index is 11.1. The number of nitrogens with zero attached hydrogens (tertiary/aromatic N) is 1. The van der Waals surface area contributed by atoms with Crippen molar-refractivity contribution in [2.24, 2.45) is 0 Å². The lowest BCUT2D eigenvalue weighted by atomic mass is 10.1. The quantitative estimate of drug-likeness (QED) is 0.860. The van der Waals surface area contributed by atoms with E-state index < -0.39 is 11.4 Å². The van der Waals surface area contributed by atoms with Crippen LogP contribution in [0.4, 0.5) is 0 Å². The van der Waals surface area contributed by atoms with Gasteiger partial charge in [0.1, 0.15) is 10.4 Å². The molecule has 1 heterocycles. The van der Waals surface area contributed by atoms with E-state index in [0.717, 1.165) is 28.4 Å². The molecule has 2 rings (SSSR count). The smallest absolute Gasteiger partial charge is 0.316 e. The molecular formula is C11H15NO2S. The van der Waals surface area contributed by atoms with Gasteiger partial charge >= 0.3 is 5.97 Å². The molecule has 1 aromatic heterocycles. The zero-order valence-corrected chi connectivity index (χ0v) is 10.0. The van der Waals surface area contributed by atoms with Gasteiger partial charge < -0.3 is 5.11 Å². The molecule has 1 aliphatic rings. The third kappa shape index (κ3) is 1.57. The van der Waals surface area contributed by atoms with Crippen molar-refractivity contribution in [2.45, 2.75) is 44.9 Å². The van der Waals surface area contributed by atoms with E-state index in [1.807, 2.05) is 6.92 Å². The summed E-state index contributed by atoms with van der Waals surface area (Å²) >= 11 is 1.55. The Morgan fingerprint density at radius 3 is 2.47 bits per heavy atom. The summed E-state index contributed by atoms with van der Waals surface area (Å²) < 4.78 is 0. The Morgan fingerprint density at radius 2 is 2.13 bits per heavy atom. The van der Waals surface area contributed by atoms with Crippen molar-refractivity contribution in [1.29, 1.82) is 0 Å². The lowest BCUT2D eigenvalue weighted by molar-refractivity contribution is -0.140. The Morgan fingerprint density at radius 1 is 1.53 bits per heavy atom. The van der Waals surface area contributed by atoms with Crippen LogP contribution in [0, 0.1) is 6.92 Å². The maximum absolute atomic E-state index is 11.1. The van der Waals surface area contributed by atoms with Crippen LogP contribution in [0.2, 0.25) is 0 Å². The summed E-state index contributed by atoms with van der Waals surface area (Å²) in [6.07, 6.45) is 1.49. The van der Waals surface area contributed by atoms with Gasteiger partial charge in [-0.05, 0) is 25.7 Å². The van der Waals surface area contributed by atoms with Crippen LogP contribution in [0.15, 0.2) is 0 Å². The van der Waals surface area contributed by atoms with Crippen LogP contribution in [-0.2, 0) is 10.2 Å². The highest BCUT2D eigenvalue weighted by atomic mass is 32.1. The van der Waals surface area contributed by atoms with Gasteiger partial charge in [0.05, 0.1) is 5.69 Å². The standard InChI is InChI=1S/C11H15NO2S/c1-6(2)8-7(3)15-9(12-8)11(4-5-11)10(13)14/h6H,4-5H2,1-3H3,(H,13,14). The van der Waals surface area contributed by atoms with E-state index in [0.29, 0.717) is 5.92 Å². The molecule has 15 heavy (non-hydrogen) atoms. The van der Waals surface area contributed by atoms with Crippen LogP contribution in [0.3, 0.4) is 0 Å². The lowest BCUT2D eigenvalue weighted by Gasteiger charge is -2.04. The minimum Gasteiger partial charge on any atom is -0.481 e. The third-order valence-electron chi connectivity index (χ3n) is 2.95. The van der Waals surface area contributed by atoms with Crippen LogP contribution in [0.5, 0.6) is 0 Å². The van der Waals surface area contributed by atoms with E-state index in [4.69, 9.17) is 5.11 Å². The van der Waals surface area contributed by atoms with E-state index in [-0.39, 0.29) is 0 Å². The van der Waals surface area contributed by atoms with E-state index in [2.05, 4.69) is 18.8 Å². The zero-order chi connectivity index (χ0) is 11.2. The minimum absolute atomic E-state index is 0.375. The van der Waals surface area contributed by atoms with Gasteiger partial charge in [0, 0.05) is 4.88 Å². The summed E-state index contributed by atoms with van der Waals surface area (Å²) in [5, 5.41) is 9.96. The zero-order valence-electron chi connectivity index (χ0n) is 9.20. The van der Waals surface area contributed by atoms with Crippen molar-refractivity contribution in [3.8, 4) is 0 Å². The monoisotopic (exact) mass is 225 g/mol. The average Bonchev–Trinajstić information content (AvgIpc) is 2.85. The van der Waals surface area contributed by atoms with Crippen LogP contribution in [0.1, 0.15) is 48.2 Å². The van der Waals surface area contributed by atoms with Crippen LogP contribution >= 0.6 is 11.3 Å². The van der Waals surface area contributed by atoms with Gasteiger partial charge in [0.25, 0.3) is 0 Å². The normalized spacial score (nSPS) is 18.1. The molecule has 0 radical (unpaired) electrons. The fourth-order valence-corrected chi connectivity index (χ4v) is 3.10. The highest BCUT2D eigenvalue weighted by Crippen LogP contribution is 2.50. The fraction of sp³-hybridized carbons (Fsp3) is 0.636. The number of aliphatic carboxylic acids is 1. The second-order valence-electron chi connectivity index (χ2n) is 4.50. The fourth-order valence-electron chi connectivity index (χ4n) is 1.79. The molecule has 3 nitrogen and oxygen atoms in total. The number of carboxylic acids is 1. The number of hydrogen-bond donors (Lipinski definition) is 1. The second-order valence-corrected chi connectivity index (χ2v) is 5.71. The topological polar surface area (TPSA) is 50.2 Å². The Bertz CT molecular complexity index is 405. The first-order chi connectivity index (χ1) is 6.97. The van der Waals surface area contributed by atoms with Crippen LogP contribution in [0.25, 0.3) is 0 Å². The van der Waals surface area contributed by atoms with E-state index in [9.17, 15) is 4.79 Å². The predicted molar refractivity (Wildman–Crippen MR) is 59.5 cm³/mol. The molecule has 0 saturated heterocycles. The van der Waals surface area contributed by atoms with E-state index in [1.54, 1.807) is 11.3 Å². The molecule has 82 valence electrons. The summed E-state index contributed by atoms with van der Waals surface area (Å²) in [6, 6.07) is 0. The van der Waals surface area contributed by atoms with Crippen molar-refractivity contribution in [3.05, 3.63) is 15.6 Å². The first kappa shape index (κ1) is 10.6. The van der Waals surface area contributed by atoms with Gasteiger partial charge in [-0.3, -0.25) is 4.79 Å². The molecule has 4 heteroatoms. The molecular weight excluding hydrogens is 210 g/mol. The summed E-state index contributed by atoms with van der Waals surface area (Å²) in [6.45, 7) is 6.20. The molecule has 1 saturated carbocycles. The van der Waals surface area contributed by atoms with Gasteiger partial charge in [0.15, 0.2) is 0 Å². The Labute approximate surface area is 93.2 Å². The molecule has 0 spiro atoms. The Hall–Kier alpha value is -0.900. The van der Waals surface area contributed by atoms with E-state index in [1.165, 1.54) is 0 Å². The van der Waals surface area contributed by atoms with Crippen LogP contribution in [-0.4, -0.2) is 16.1 Å². The average molecular weight is 225 g/mol. The van der Waals surface area contributed by atoms with Crippen molar-refractivity contribution in [2.75, 3.05) is 0 Å². The molecule has 1 aromatic rings. The van der Waals surface area contributed by atoms with Gasteiger partial charge in [-0.15, -0.1) is 11.3 Å². The number of carbonyl (C=O) groups is 1. The maximum Gasteiger partial charge on any atom is 0.316 e. The number of carboxylic acid groups (broad SMARTS) is 1. The number of aryl methyl sites for hydroxylation is 1. The molecule has 1 fully saturated rings. The highest BCUT2D eigenvalue weighted by molar-refractivity contribution is 7.12.